The van der Waals surface area contributed by atoms with Crippen LogP contribution in [0.4, 0.5) is 0 Å². The molecule has 2 N–H and O–H groups in total. The largest absolute Gasteiger partial charge is 0.330 e. The Kier molecular flexibility index (Phi) is 2.86. The summed E-state index contributed by atoms with van der Waals surface area (Å²) in [5, 5.41) is 0. The van der Waals surface area contributed by atoms with E-state index in [1.54, 1.807) is 0 Å². The molecule has 2 nitrogen and oxygen atoms in total. The average Bonchev–Trinajstić information content (AvgIpc) is 2.54. The van der Waals surface area contributed by atoms with E-state index in [9.17, 15) is 0 Å². The van der Waals surface area contributed by atoms with Gasteiger partial charge in [-0.2, -0.15) is 11.8 Å². The number of hydrogen-bond donors (Lipinski definition) is 1. The van der Waals surface area contributed by atoms with Crippen molar-refractivity contribution < 1.29 is 0 Å². The van der Waals surface area contributed by atoms with Crippen LogP contribution < -0.4 is 5.73 Å². The normalized spacial score (nSPS) is 34.2. The van der Waals surface area contributed by atoms with E-state index in [0.717, 1.165) is 12.5 Å². The summed E-state index contributed by atoms with van der Waals surface area (Å²) in [6.45, 7) is 3.43. The maximum Gasteiger partial charge on any atom is 0.0224 e. The van der Waals surface area contributed by atoms with Crippen LogP contribution in [0.2, 0.25) is 0 Å². The molecule has 0 radical (unpaired) electrons. The molecule has 0 bridgehead atoms. The molecule has 0 aromatic rings. The fourth-order valence-corrected chi connectivity index (χ4v) is 4.40. The lowest BCUT2D eigenvalue weighted by atomic mass is 9.82. The first kappa shape index (κ1) is 9.81. The predicted molar refractivity (Wildman–Crippen MR) is 59.1 cm³/mol. The standard InChI is InChI=1S/C10H20N2S/c1-12-5-3-10(4-6-12)9(8-11)2-7-13-10/h9H,2-8,11H2,1H3. The van der Waals surface area contributed by atoms with Crippen LogP contribution in [0.3, 0.4) is 0 Å². The molecule has 2 rings (SSSR count). The van der Waals surface area contributed by atoms with E-state index < -0.39 is 0 Å². The molecule has 0 aromatic heterocycles. The van der Waals surface area contributed by atoms with Crippen molar-refractivity contribution in [3.63, 3.8) is 0 Å². The molecular formula is C10H20N2S. The summed E-state index contributed by atoms with van der Waals surface area (Å²) in [6, 6.07) is 0. The molecule has 0 amide bonds. The van der Waals surface area contributed by atoms with Gasteiger partial charge in [0.25, 0.3) is 0 Å². The van der Waals surface area contributed by atoms with Crippen LogP contribution in [-0.2, 0) is 0 Å². The van der Waals surface area contributed by atoms with Gasteiger partial charge >= 0.3 is 0 Å². The van der Waals surface area contributed by atoms with E-state index in [2.05, 4.69) is 23.7 Å². The highest BCUT2D eigenvalue weighted by Gasteiger charge is 2.44. The van der Waals surface area contributed by atoms with E-state index in [1.807, 2.05) is 0 Å². The molecule has 76 valence electrons. The number of hydrogen-bond acceptors (Lipinski definition) is 3. The first-order valence-electron chi connectivity index (χ1n) is 5.29. The van der Waals surface area contributed by atoms with Crippen LogP contribution in [-0.4, -0.2) is 42.1 Å². The quantitative estimate of drug-likeness (QED) is 0.689. The third kappa shape index (κ3) is 1.74. The van der Waals surface area contributed by atoms with Crippen LogP contribution in [0.5, 0.6) is 0 Å². The molecule has 1 atom stereocenters. The second-order valence-electron chi connectivity index (χ2n) is 4.44. The Morgan fingerprint density at radius 3 is 2.77 bits per heavy atom. The zero-order valence-corrected chi connectivity index (χ0v) is 9.28. The molecule has 2 aliphatic heterocycles. The van der Waals surface area contributed by atoms with Gasteiger partial charge in [-0.1, -0.05) is 0 Å². The maximum absolute atomic E-state index is 5.85. The van der Waals surface area contributed by atoms with E-state index in [-0.39, 0.29) is 0 Å². The summed E-state index contributed by atoms with van der Waals surface area (Å²) in [5.41, 5.74) is 5.85. The molecule has 2 saturated heterocycles. The lowest BCUT2D eigenvalue weighted by Crippen LogP contribution is -2.45. The molecule has 1 spiro atoms. The van der Waals surface area contributed by atoms with Gasteiger partial charge in [0.15, 0.2) is 0 Å². The Morgan fingerprint density at radius 1 is 1.46 bits per heavy atom. The summed E-state index contributed by atoms with van der Waals surface area (Å²) in [4.78, 5) is 2.44. The van der Waals surface area contributed by atoms with E-state index >= 15 is 0 Å². The predicted octanol–water partition coefficient (Wildman–Crippen LogP) is 1.16. The van der Waals surface area contributed by atoms with Crippen molar-refractivity contribution in [2.45, 2.75) is 24.0 Å². The number of rotatable bonds is 1. The van der Waals surface area contributed by atoms with Crippen LogP contribution in [0.25, 0.3) is 0 Å². The van der Waals surface area contributed by atoms with Crippen LogP contribution in [0.1, 0.15) is 19.3 Å². The Morgan fingerprint density at radius 2 is 2.15 bits per heavy atom. The van der Waals surface area contributed by atoms with Gasteiger partial charge in [-0.05, 0) is 57.6 Å². The van der Waals surface area contributed by atoms with Gasteiger partial charge in [0.2, 0.25) is 0 Å². The summed E-state index contributed by atoms with van der Waals surface area (Å²) < 4.78 is 0.571. The van der Waals surface area contributed by atoms with Crippen molar-refractivity contribution in [2.75, 3.05) is 32.4 Å². The number of thioether (sulfide) groups is 1. The number of likely N-dealkylation sites (tertiary alicyclic amines) is 1. The minimum atomic E-state index is 0.571. The summed E-state index contributed by atoms with van der Waals surface area (Å²) in [5.74, 6) is 2.14. The Balaban J connectivity index is 2.02. The van der Waals surface area contributed by atoms with E-state index in [1.165, 1.54) is 38.1 Å². The van der Waals surface area contributed by atoms with Crippen LogP contribution in [0, 0.1) is 5.92 Å². The van der Waals surface area contributed by atoms with Crippen molar-refractivity contribution in [3.05, 3.63) is 0 Å². The van der Waals surface area contributed by atoms with E-state index in [4.69, 9.17) is 5.73 Å². The Hall–Kier alpha value is 0.270. The molecule has 0 aliphatic carbocycles. The second kappa shape index (κ2) is 3.79. The van der Waals surface area contributed by atoms with Crippen molar-refractivity contribution in [1.29, 1.82) is 0 Å². The second-order valence-corrected chi connectivity index (χ2v) is 5.95. The van der Waals surface area contributed by atoms with Crippen molar-refractivity contribution in [3.8, 4) is 0 Å². The van der Waals surface area contributed by atoms with Crippen LogP contribution >= 0.6 is 11.8 Å². The third-order valence-electron chi connectivity index (χ3n) is 3.72. The van der Waals surface area contributed by atoms with Gasteiger partial charge in [0.05, 0.1) is 0 Å². The van der Waals surface area contributed by atoms with Gasteiger partial charge in [-0.3, -0.25) is 0 Å². The molecule has 3 heteroatoms. The minimum absolute atomic E-state index is 0.571. The van der Waals surface area contributed by atoms with Crippen molar-refractivity contribution in [2.24, 2.45) is 11.7 Å². The van der Waals surface area contributed by atoms with Crippen molar-refractivity contribution >= 4 is 11.8 Å². The summed E-state index contributed by atoms with van der Waals surface area (Å²) in [7, 11) is 2.23. The molecule has 1 unspecified atom stereocenters. The number of nitrogens with zero attached hydrogens (tertiary/aromatic N) is 1. The number of piperidine rings is 1. The molecular weight excluding hydrogens is 180 g/mol. The van der Waals surface area contributed by atoms with Gasteiger partial charge in [-0.25, -0.2) is 0 Å². The molecule has 2 aliphatic rings. The molecule has 0 saturated carbocycles. The summed E-state index contributed by atoms with van der Waals surface area (Å²) >= 11 is 2.19. The molecule has 2 fully saturated rings. The van der Waals surface area contributed by atoms with Crippen molar-refractivity contribution in [1.82, 2.24) is 4.90 Å². The average molecular weight is 200 g/mol. The van der Waals surface area contributed by atoms with Gasteiger partial charge in [0.1, 0.15) is 0 Å². The maximum atomic E-state index is 5.85. The lowest BCUT2D eigenvalue weighted by Gasteiger charge is -2.41. The fourth-order valence-electron chi connectivity index (χ4n) is 2.67. The lowest BCUT2D eigenvalue weighted by molar-refractivity contribution is 0.203. The highest BCUT2D eigenvalue weighted by molar-refractivity contribution is 8.00. The first-order chi connectivity index (χ1) is 6.27. The van der Waals surface area contributed by atoms with E-state index in [0.29, 0.717) is 4.75 Å². The van der Waals surface area contributed by atoms with Gasteiger partial charge in [0, 0.05) is 4.75 Å². The molecule has 13 heavy (non-hydrogen) atoms. The smallest absolute Gasteiger partial charge is 0.0224 e. The topological polar surface area (TPSA) is 29.3 Å². The monoisotopic (exact) mass is 200 g/mol. The number of nitrogens with two attached hydrogens (primary N) is 1. The molecule has 0 aromatic carbocycles. The third-order valence-corrected chi connectivity index (χ3v) is 5.47. The minimum Gasteiger partial charge on any atom is -0.330 e. The highest BCUT2D eigenvalue weighted by atomic mass is 32.2. The summed E-state index contributed by atoms with van der Waals surface area (Å²) in [6.07, 6.45) is 4.07. The van der Waals surface area contributed by atoms with Gasteiger partial charge in [-0.15, -0.1) is 0 Å². The van der Waals surface area contributed by atoms with Crippen LogP contribution in [0.15, 0.2) is 0 Å². The SMILES string of the molecule is CN1CCC2(CC1)SCCC2CN. The zero-order valence-electron chi connectivity index (χ0n) is 8.46. The fraction of sp³-hybridized carbons (Fsp3) is 1.00. The Bertz CT molecular complexity index is 176. The Labute approximate surface area is 85.2 Å². The van der Waals surface area contributed by atoms with Gasteiger partial charge < -0.3 is 10.6 Å². The molecule has 2 heterocycles. The zero-order chi connectivity index (χ0) is 9.31. The highest BCUT2D eigenvalue weighted by Crippen LogP contribution is 2.48. The first-order valence-corrected chi connectivity index (χ1v) is 6.28.